The van der Waals surface area contributed by atoms with E-state index in [4.69, 9.17) is 0 Å². The van der Waals surface area contributed by atoms with Crippen molar-refractivity contribution in [2.75, 3.05) is 0 Å². The second kappa shape index (κ2) is 5.12. The van der Waals surface area contributed by atoms with Crippen LogP contribution in [0.5, 0.6) is 0 Å². The van der Waals surface area contributed by atoms with E-state index in [1.54, 1.807) is 9.36 Å². The van der Waals surface area contributed by atoms with E-state index in [0.29, 0.717) is 11.5 Å². The highest BCUT2D eigenvalue weighted by Gasteiger charge is 2.19. The molecule has 0 aliphatic heterocycles. The third-order valence-corrected chi connectivity index (χ3v) is 3.48. The van der Waals surface area contributed by atoms with Crippen LogP contribution in [-0.4, -0.2) is 30.3 Å². The Labute approximate surface area is 122 Å². The number of aryl methyl sites for hydroxylation is 1. The summed E-state index contributed by atoms with van der Waals surface area (Å²) in [4.78, 5) is 16.7. The lowest BCUT2D eigenvalue weighted by Gasteiger charge is -2.08. The van der Waals surface area contributed by atoms with Gasteiger partial charge in [-0.1, -0.05) is 18.2 Å². The van der Waals surface area contributed by atoms with E-state index in [9.17, 15) is 4.79 Å². The van der Waals surface area contributed by atoms with Gasteiger partial charge >= 0.3 is 0 Å². The third kappa shape index (κ3) is 2.33. The molecule has 6 heteroatoms. The highest BCUT2D eigenvalue weighted by molar-refractivity contribution is 6.06. The van der Waals surface area contributed by atoms with E-state index in [2.05, 4.69) is 15.2 Å². The molecule has 0 bridgehead atoms. The zero-order valence-electron chi connectivity index (χ0n) is 12.3. The molecule has 3 aromatic rings. The quantitative estimate of drug-likeness (QED) is 0.688. The van der Waals surface area contributed by atoms with Gasteiger partial charge in [0, 0.05) is 18.5 Å². The molecule has 108 valence electrons. The fraction of sp³-hybridized carbons (Fsp3) is 0.333. The van der Waals surface area contributed by atoms with Gasteiger partial charge in [0.2, 0.25) is 0 Å². The first kappa shape index (κ1) is 13.5. The average molecular weight is 283 g/mol. The first-order chi connectivity index (χ1) is 10.1. The Morgan fingerprint density at radius 1 is 1.29 bits per heavy atom. The second-order valence-corrected chi connectivity index (χ2v) is 5.30. The monoisotopic (exact) mass is 283 g/mol. The summed E-state index contributed by atoms with van der Waals surface area (Å²) >= 11 is 0. The normalized spacial score (nSPS) is 11.4. The SMILES string of the molecule is CC(C)n1ncnc1CC(=O)c1nn(C)c2ccccc12. The molecule has 1 aromatic carbocycles. The molecular formula is C15H17N5O. The van der Waals surface area contributed by atoms with Gasteiger partial charge in [0.25, 0.3) is 0 Å². The molecule has 0 amide bonds. The lowest BCUT2D eigenvalue weighted by Crippen LogP contribution is -2.14. The highest BCUT2D eigenvalue weighted by atomic mass is 16.1. The van der Waals surface area contributed by atoms with Crippen LogP contribution in [0.25, 0.3) is 10.9 Å². The number of carbonyl (C=O) groups excluding carboxylic acids is 1. The minimum absolute atomic E-state index is 0.0401. The van der Waals surface area contributed by atoms with Crippen LogP contribution in [0, 0.1) is 0 Å². The lowest BCUT2D eigenvalue weighted by molar-refractivity contribution is 0.0985. The molecule has 0 aliphatic carbocycles. The Bertz CT molecular complexity index is 799. The minimum atomic E-state index is -0.0401. The van der Waals surface area contributed by atoms with Crippen LogP contribution in [0.1, 0.15) is 36.2 Å². The fourth-order valence-electron chi connectivity index (χ4n) is 2.48. The topological polar surface area (TPSA) is 65.6 Å². The number of rotatable bonds is 4. The Morgan fingerprint density at radius 3 is 2.81 bits per heavy atom. The van der Waals surface area contributed by atoms with Crippen molar-refractivity contribution < 1.29 is 4.79 Å². The van der Waals surface area contributed by atoms with E-state index in [1.165, 1.54) is 6.33 Å². The molecule has 0 atom stereocenters. The van der Waals surface area contributed by atoms with E-state index in [1.807, 2.05) is 45.2 Å². The molecule has 0 N–H and O–H groups in total. The smallest absolute Gasteiger partial charge is 0.191 e. The predicted octanol–water partition coefficient (Wildman–Crippen LogP) is 2.17. The molecule has 0 saturated heterocycles. The number of Topliss-reactive ketones (excluding diaryl/α,β-unsaturated/α-hetero) is 1. The van der Waals surface area contributed by atoms with Crippen molar-refractivity contribution in [1.29, 1.82) is 0 Å². The molecule has 0 fully saturated rings. The number of nitrogens with zero attached hydrogens (tertiary/aromatic N) is 5. The van der Waals surface area contributed by atoms with Crippen LogP contribution in [0.15, 0.2) is 30.6 Å². The van der Waals surface area contributed by atoms with Crippen LogP contribution in [0.4, 0.5) is 0 Å². The molecule has 21 heavy (non-hydrogen) atoms. The highest BCUT2D eigenvalue weighted by Crippen LogP contribution is 2.19. The summed E-state index contributed by atoms with van der Waals surface area (Å²) in [5.41, 5.74) is 1.44. The second-order valence-electron chi connectivity index (χ2n) is 5.30. The van der Waals surface area contributed by atoms with Crippen LogP contribution < -0.4 is 0 Å². The van der Waals surface area contributed by atoms with E-state index in [-0.39, 0.29) is 18.2 Å². The standard InChI is InChI=1S/C15H17N5O/c1-10(2)20-14(16-9-17-20)8-13(21)15-11-6-4-5-7-12(11)19(3)18-15/h4-7,9-10H,8H2,1-3H3. The molecular weight excluding hydrogens is 266 g/mol. The average Bonchev–Trinajstić information content (AvgIpc) is 3.04. The molecule has 0 saturated carbocycles. The summed E-state index contributed by atoms with van der Waals surface area (Å²) in [6.07, 6.45) is 1.69. The van der Waals surface area contributed by atoms with Gasteiger partial charge in [-0.15, -0.1) is 0 Å². The van der Waals surface area contributed by atoms with Crippen molar-refractivity contribution in [3.8, 4) is 0 Å². The maximum absolute atomic E-state index is 12.6. The number of para-hydroxylation sites is 1. The largest absolute Gasteiger partial charge is 0.292 e. The van der Waals surface area contributed by atoms with Crippen molar-refractivity contribution in [2.45, 2.75) is 26.3 Å². The first-order valence-corrected chi connectivity index (χ1v) is 6.91. The summed E-state index contributed by atoms with van der Waals surface area (Å²) in [6, 6.07) is 7.90. The van der Waals surface area contributed by atoms with Crippen molar-refractivity contribution in [2.24, 2.45) is 7.05 Å². The summed E-state index contributed by atoms with van der Waals surface area (Å²) < 4.78 is 3.50. The Morgan fingerprint density at radius 2 is 2.05 bits per heavy atom. The van der Waals surface area contributed by atoms with Crippen molar-refractivity contribution >= 4 is 16.7 Å². The lowest BCUT2D eigenvalue weighted by atomic mass is 10.1. The number of hydrogen-bond donors (Lipinski definition) is 0. The summed E-state index contributed by atoms with van der Waals surface area (Å²) in [7, 11) is 1.84. The molecule has 0 unspecified atom stereocenters. The molecule has 2 heterocycles. The number of ketones is 1. The first-order valence-electron chi connectivity index (χ1n) is 6.91. The van der Waals surface area contributed by atoms with Gasteiger partial charge in [0.15, 0.2) is 5.78 Å². The Balaban J connectivity index is 1.96. The van der Waals surface area contributed by atoms with Gasteiger partial charge in [-0.25, -0.2) is 9.67 Å². The van der Waals surface area contributed by atoms with Gasteiger partial charge in [-0.2, -0.15) is 10.2 Å². The van der Waals surface area contributed by atoms with Crippen LogP contribution in [-0.2, 0) is 13.5 Å². The fourth-order valence-corrected chi connectivity index (χ4v) is 2.48. The zero-order valence-corrected chi connectivity index (χ0v) is 12.3. The van der Waals surface area contributed by atoms with Crippen LogP contribution in [0.2, 0.25) is 0 Å². The Kier molecular flexibility index (Phi) is 3.29. The van der Waals surface area contributed by atoms with Crippen LogP contribution >= 0.6 is 0 Å². The predicted molar refractivity (Wildman–Crippen MR) is 79.2 cm³/mol. The zero-order chi connectivity index (χ0) is 15.0. The number of aromatic nitrogens is 5. The van der Waals surface area contributed by atoms with E-state index < -0.39 is 0 Å². The number of carbonyl (C=O) groups is 1. The molecule has 6 nitrogen and oxygen atoms in total. The van der Waals surface area contributed by atoms with E-state index in [0.717, 1.165) is 10.9 Å². The molecule has 3 rings (SSSR count). The van der Waals surface area contributed by atoms with Crippen LogP contribution in [0.3, 0.4) is 0 Å². The summed E-state index contributed by atoms with van der Waals surface area (Å²) in [6.45, 7) is 4.03. The van der Waals surface area contributed by atoms with Crippen molar-refractivity contribution in [3.05, 3.63) is 42.1 Å². The third-order valence-electron chi connectivity index (χ3n) is 3.48. The molecule has 0 radical (unpaired) electrons. The summed E-state index contributed by atoms with van der Waals surface area (Å²) in [5, 5.41) is 9.39. The van der Waals surface area contributed by atoms with Gasteiger partial charge < -0.3 is 0 Å². The molecule has 0 aliphatic rings. The number of hydrogen-bond acceptors (Lipinski definition) is 4. The summed E-state index contributed by atoms with van der Waals surface area (Å²) in [5.74, 6) is 0.631. The van der Waals surface area contributed by atoms with Gasteiger partial charge in [-0.05, 0) is 19.9 Å². The maximum atomic E-state index is 12.6. The molecule has 2 aromatic heterocycles. The van der Waals surface area contributed by atoms with Gasteiger partial charge in [-0.3, -0.25) is 9.48 Å². The van der Waals surface area contributed by atoms with Crippen molar-refractivity contribution in [3.63, 3.8) is 0 Å². The van der Waals surface area contributed by atoms with Gasteiger partial charge in [0.1, 0.15) is 17.8 Å². The van der Waals surface area contributed by atoms with E-state index >= 15 is 0 Å². The number of benzene rings is 1. The minimum Gasteiger partial charge on any atom is -0.292 e. The van der Waals surface area contributed by atoms with Crippen molar-refractivity contribution in [1.82, 2.24) is 24.5 Å². The Hall–Kier alpha value is -2.50. The van der Waals surface area contributed by atoms with Gasteiger partial charge in [0.05, 0.1) is 11.9 Å². The maximum Gasteiger partial charge on any atom is 0.191 e. The molecule has 0 spiro atoms. The number of fused-ring (bicyclic) bond motifs is 1.